The minimum atomic E-state index is -0.324. The van der Waals surface area contributed by atoms with Crippen LogP contribution in [0.2, 0.25) is 0 Å². The molecule has 1 unspecified atom stereocenters. The number of rotatable bonds is 7. The minimum Gasteiger partial charge on any atom is -0.486 e. The average Bonchev–Trinajstić information content (AvgIpc) is 3.25. The summed E-state index contributed by atoms with van der Waals surface area (Å²) < 4.78 is 7.52. The lowest BCUT2D eigenvalue weighted by atomic mass is 10.3. The topological polar surface area (TPSA) is 81.9 Å². The van der Waals surface area contributed by atoms with Gasteiger partial charge >= 0.3 is 0 Å². The maximum absolute atomic E-state index is 12.2. The van der Waals surface area contributed by atoms with Crippen molar-refractivity contribution in [2.24, 2.45) is 7.05 Å². The van der Waals surface area contributed by atoms with Crippen molar-refractivity contribution in [2.45, 2.75) is 23.9 Å². The van der Waals surface area contributed by atoms with Crippen LogP contribution in [0.25, 0.3) is 0 Å². The van der Waals surface area contributed by atoms with E-state index in [0.29, 0.717) is 22.7 Å². The molecule has 9 heteroatoms. The van der Waals surface area contributed by atoms with E-state index < -0.39 is 0 Å². The molecule has 0 aliphatic rings. The highest BCUT2D eigenvalue weighted by Gasteiger charge is 2.19. The summed E-state index contributed by atoms with van der Waals surface area (Å²) in [6.45, 7) is 2.14. The molecule has 7 nitrogen and oxygen atoms in total. The lowest BCUT2D eigenvalue weighted by Crippen LogP contribution is -2.22. The Morgan fingerprint density at radius 2 is 2.16 bits per heavy atom. The number of thioether (sulfide) groups is 1. The van der Waals surface area contributed by atoms with Crippen molar-refractivity contribution in [1.29, 1.82) is 0 Å². The number of hydrogen-bond acceptors (Lipinski definition) is 7. The highest BCUT2D eigenvalue weighted by molar-refractivity contribution is 8.00. The van der Waals surface area contributed by atoms with E-state index in [2.05, 4.69) is 20.5 Å². The number of thiazole rings is 1. The zero-order valence-electron chi connectivity index (χ0n) is 13.7. The highest BCUT2D eigenvalue weighted by atomic mass is 32.2. The van der Waals surface area contributed by atoms with Crippen molar-refractivity contribution < 1.29 is 9.53 Å². The monoisotopic (exact) mass is 375 g/mol. The first kappa shape index (κ1) is 17.4. The molecule has 1 atom stereocenters. The van der Waals surface area contributed by atoms with Crippen LogP contribution in [0.1, 0.15) is 12.7 Å². The van der Waals surface area contributed by atoms with Crippen LogP contribution in [0.3, 0.4) is 0 Å². The van der Waals surface area contributed by atoms with Gasteiger partial charge in [0.1, 0.15) is 12.4 Å². The van der Waals surface area contributed by atoms with Crippen molar-refractivity contribution >= 4 is 34.1 Å². The maximum Gasteiger partial charge on any atom is 0.239 e. The summed E-state index contributed by atoms with van der Waals surface area (Å²) in [5.41, 5.74) is 0. The number of nitrogens with one attached hydrogen (secondary N) is 1. The lowest BCUT2D eigenvalue weighted by molar-refractivity contribution is -0.115. The highest BCUT2D eigenvalue weighted by Crippen LogP contribution is 2.23. The zero-order chi connectivity index (χ0) is 17.6. The first-order chi connectivity index (χ1) is 12.1. The number of nitrogens with zero attached hydrogens (tertiary/aromatic N) is 4. The lowest BCUT2D eigenvalue weighted by Gasteiger charge is -2.10. The first-order valence-electron chi connectivity index (χ1n) is 7.56. The van der Waals surface area contributed by atoms with Gasteiger partial charge in [-0.3, -0.25) is 4.79 Å². The molecule has 3 rings (SSSR count). The fraction of sp³-hybridized carbons (Fsp3) is 0.250. The Labute approximate surface area is 153 Å². The standard InChI is InChI=1S/C16H17N5O2S2/c1-11(14(22)18-15-17-8-9-24-15)25-16-20-19-13(21(16)2)10-23-12-6-4-3-5-7-12/h3-9,11H,10H2,1-2H3,(H,17,18,22). The van der Waals surface area contributed by atoms with Gasteiger partial charge in [-0.05, 0) is 19.1 Å². The molecule has 1 N–H and O–H groups in total. The molecule has 130 valence electrons. The van der Waals surface area contributed by atoms with Crippen LogP contribution in [-0.2, 0) is 18.4 Å². The normalized spacial score (nSPS) is 11.9. The third kappa shape index (κ3) is 4.58. The number of hydrogen-bond donors (Lipinski definition) is 1. The average molecular weight is 375 g/mol. The van der Waals surface area contributed by atoms with Crippen molar-refractivity contribution in [1.82, 2.24) is 19.7 Å². The summed E-state index contributed by atoms with van der Waals surface area (Å²) in [6.07, 6.45) is 1.65. The van der Waals surface area contributed by atoms with E-state index >= 15 is 0 Å². The fourth-order valence-electron chi connectivity index (χ4n) is 1.94. The molecular formula is C16H17N5O2S2. The molecule has 1 aromatic carbocycles. The van der Waals surface area contributed by atoms with E-state index in [1.807, 2.05) is 54.3 Å². The number of carbonyl (C=O) groups excluding carboxylic acids is 1. The molecule has 0 fully saturated rings. The van der Waals surface area contributed by atoms with Crippen molar-refractivity contribution in [3.8, 4) is 5.75 Å². The summed E-state index contributed by atoms with van der Waals surface area (Å²) in [4.78, 5) is 16.2. The molecule has 0 aliphatic heterocycles. The molecule has 0 spiro atoms. The molecule has 1 amide bonds. The van der Waals surface area contributed by atoms with Gasteiger partial charge in [0.2, 0.25) is 5.91 Å². The summed E-state index contributed by atoms with van der Waals surface area (Å²) >= 11 is 2.73. The Balaban J connectivity index is 1.57. The van der Waals surface area contributed by atoms with Crippen LogP contribution in [0.5, 0.6) is 5.75 Å². The van der Waals surface area contributed by atoms with Gasteiger partial charge in [-0.2, -0.15) is 0 Å². The maximum atomic E-state index is 12.2. The molecule has 2 heterocycles. The minimum absolute atomic E-state index is 0.120. The van der Waals surface area contributed by atoms with Crippen molar-refractivity contribution in [3.63, 3.8) is 0 Å². The van der Waals surface area contributed by atoms with E-state index in [1.165, 1.54) is 23.1 Å². The van der Waals surface area contributed by atoms with Gasteiger partial charge in [-0.25, -0.2) is 4.98 Å². The van der Waals surface area contributed by atoms with E-state index in [0.717, 1.165) is 5.75 Å². The van der Waals surface area contributed by atoms with Gasteiger partial charge in [0.05, 0.1) is 5.25 Å². The van der Waals surface area contributed by atoms with Crippen molar-refractivity contribution in [2.75, 3.05) is 5.32 Å². The summed E-state index contributed by atoms with van der Waals surface area (Å²) in [5.74, 6) is 1.35. The van der Waals surface area contributed by atoms with Crippen LogP contribution in [0.4, 0.5) is 5.13 Å². The number of para-hydroxylation sites is 1. The second-order valence-corrected chi connectivity index (χ2v) is 7.35. The predicted octanol–water partition coefficient (Wildman–Crippen LogP) is 2.97. The Morgan fingerprint density at radius 1 is 1.36 bits per heavy atom. The summed E-state index contributed by atoms with van der Waals surface area (Å²) in [6, 6.07) is 9.53. The van der Waals surface area contributed by atoms with Gasteiger partial charge in [0.25, 0.3) is 0 Å². The fourth-order valence-corrected chi connectivity index (χ4v) is 3.31. The van der Waals surface area contributed by atoms with Crippen LogP contribution in [-0.4, -0.2) is 30.9 Å². The Bertz CT molecular complexity index is 820. The molecule has 3 aromatic rings. The summed E-state index contributed by atoms with van der Waals surface area (Å²) in [7, 11) is 1.86. The molecular weight excluding hydrogens is 358 g/mol. The number of anilines is 1. The smallest absolute Gasteiger partial charge is 0.239 e. The first-order valence-corrected chi connectivity index (χ1v) is 9.32. The predicted molar refractivity (Wildman–Crippen MR) is 97.8 cm³/mol. The Morgan fingerprint density at radius 3 is 2.88 bits per heavy atom. The molecule has 0 saturated heterocycles. The number of benzene rings is 1. The largest absolute Gasteiger partial charge is 0.486 e. The van der Waals surface area contributed by atoms with Crippen LogP contribution in [0, 0.1) is 0 Å². The molecule has 0 radical (unpaired) electrons. The SMILES string of the molecule is CC(Sc1nnc(COc2ccccc2)n1C)C(=O)Nc1nccs1. The Kier molecular flexibility index (Phi) is 5.67. The number of ether oxygens (including phenoxy) is 1. The van der Waals surface area contributed by atoms with Crippen LogP contribution < -0.4 is 10.1 Å². The van der Waals surface area contributed by atoms with Gasteiger partial charge in [-0.1, -0.05) is 30.0 Å². The number of amides is 1. The third-order valence-electron chi connectivity index (χ3n) is 3.35. The Hall–Kier alpha value is -2.39. The van der Waals surface area contributed by atoms with Gasteiger partial charge in [-0.15, -0.1) is 21.5 Å². The quantitative estimate of drug-likeness (QED) is 0.640. The molecule has 2 aromatic heterocycles. The van der Waals surface area contributed by atoms with Gasteiger partial charge < -0.3 is 14.6 Å². The molecule has 0 aliphatic carbocycles. The summed E-state index contributed by atoms with van der Waals surface area (Å²) in [5, 5.41) is 13.8. The van der Waals surface area contributed by atoms with E-state index in [9.17, 15) is 4.79 Å². The van der Waals surface area contributed by atoms with Gasteiger partial charge in [0.15, 0.2) is 16.1 Å². The van der Waals surface area contributed by atoms with E-state index in [4.69, 9.17) is 4.74 Å². The van der Waals surface area contributed by atoms with Crippen LogP contribution in [0.15, 0.2) is 47.1 Å². The van der Waals surface area contributed by atoms with Crippen LogP contribution >= 0.6 is 23.1 Å². The molecule has 0 saturated carbocycles. The van der Waals surface area contributed by atoms with E-state index in [1.54, 1.807) is 6.20 Å². The van der Waals surface area contributed by atoms with E-state index in [-0.39, 0.29) is 11.2 Å². The molecule has 25 heavy (non-hydrogen) atoms. The number of aromatic nitrogens is 4. The number of carbonyl (C=O) groups is 1. The molecule has 0 bridgehead atoms. The van der Waals surface area contributed by atoms with Gasteiger partial charge in [0, 0.05) is 18.6 Å². The third-order valence-corrected chi connectivity index (χ3v) is 5.17. The second-order valence-electron chi connectivity index (χ2n) is 5.15. The second kappa shape index (κ2) is 8.13. The van der Waals surface area contributed by atoms with Crippen molar-refractivity contribution in [3.05, 3.63) is 47.7 Å². The zero-order valence-corrected chi connectivity index (χ0v) is 15.4.